The molecule has 3 aromatic carbocycles. The van der Waals surface area contributed by atoms with Gasteiger partial charge in [0.15, 0.2) is 0 Å². The van der Waals surface area contributed by atoms with Crippen molar-refractivity contribution in [1.29, 1.82) is 0 Å². The van der Waals surface area contributed by atoms with Crippen LogP contribution >= 0.6 is 0 Å². The Morgan fingerprint density at radius 1 is 0.973 bits per heavy atom. The van der Waals surface area contributed by atoms with Gasteiger partial charge in [-0.15, -0.1) is 5.92 Å². The average molecular weight is 499 g/mol. The summed E-state index contributed by atoms with van der Waals surface area (Å²) in [5, 5.41) is 9.16. The number of ether oxygens (including phenoxy) is 3. The van der Waals surface area contributed by atoms with Gasteiger partial charge in [0, 0.05) is 6.61 Å². The Morgan fingerprint density at radius 2 is 1.76 bits per heavy atom. The molecule has 0 spiro atoms. The summed E-state index contributed by atoms with van der Waals surface area (Å²) in [7, 11) is 0. The number of carboxylic acids is 1. The van der Waals surface area contributed by atoms with Crippen LogP contribution < -0.4 is 9.47 Å². The van der Waals surface area contributed by atoms with E-state index in [1.807, 2.05) is 31.2 Å². The first-order chi connectivity index (χ1) is 18.0. The second-order valence-electron chi connectivity index (χ2n) is 9.21. The number of aryl methyl sites for hydroxylation is 3. The summed E-state index contributed by atoms with van der Waals surface area (Å²) < 4.78 is 17.4. The molecule has 0 aromatic heterocycles. The Balaban J connectivity index is 1.46. The Hall–Kier alpha value is -3.75. The van der Waals surface area contributed by atoms with Crippen LogP contribution in [-0.4, -0.2) is 30.9 Å². The molecule has 0 aliphatic heterocycles. The van der Waals surface area contributed by atoms with Crippen molar-refractivity contribution in [2.24, 2.45) is 0 Å². The van der Waals surface area contributed by atoms with Crippen molar-refractivity contribution < 1.29 is 24.1 Å². The summed E-state index contributed by atoms with van der Waals surface area (Å²) in [6, 6.07) is 18.4. The van der Waals surface area contributed by atoms with Gasteiger partial charge in [-0.2, -0.15) is 0 Å². The van der Waals surface area contributed by atoms with Crippen molar-refractivity contribution in [3.05, 3.63) is 82.4 Å². The molecule has 1 unspecified atom stereocenters. The van der Waals surface area contributed by atoms with Crippen molar-refractivity contribution in [3.8, 4) is 34.5 Å². The predicted molar refractivity (Wildman–Crippen MR) is 145 cm³/mol. The summed E-state index contributed by atoms with van der Waals surface area (Å²) >= 11 is 0. The van der Waals surface area contributed by atoms with Crippen LogP contribution in [-0.2, 0) is 29.0 Å². The molecule has 0 radical (unpaired) electrons. The van der Waals surface area contributed by atoms with E-state index in [0.29, 0.717) is 26.4 Å². The standard InChI is InChI=1S/C32H34O5/c1-4-6-26(20-31(33)34)24-11-13-28(14-12-24)37-21-23-7-8-25-9-10-27-19-29(36-16-15-35-5-2)17-22(3)32(27)30(25)18-23/h7-8,11-14,17-19,26H,5,9-10,15-16,20-21H2,1-3H3,(H,33,34). The number of carboxylic acid groups (broad SMARTS) is 1. The lowest BCUT2D eigenvalue weighted by Gasteiger charge is -2.24. The van der Waals surface area contributed by atoms with Gasteiger partial charge < -0.3 is 19.3 Å². The number of hydrogen-bond acceptors (Lipinski definition) is 4. The first-order valence-corrected chi connectivity index (χ1v) is 12.8. The molecule has 1 N–H and O–H groups in total. The number of carbonyl (C=O) groups is 1. The smallest absolute Gasteiger partial charge is 0.304 e. The monoisotopic (exact) mass is 498 g/mol. The average Bonchev–Trinajstić information content (AvgIpc) is 2.89. The maximum absolute atomic E-state index is 11.2. The lowest BCUT2D eigenvalue weighted by Crippen LogP contribution is -2.10. The highest BCUT2D eigenvalue weighted by atomic mass is 16.5. The minimum atomic E-state index is -0.859. The van der Waals surface area contributed by atoms with E-state index in [1.54, 1.807) is 6.92 Å². The Bertz CT molecular complexity index is 1300. The third-order valence-corrected chi connectivity index (χ3v) is 6.58. The zero-order chi connectivity index (χ0) is 26.2. The van der Waals surface area contributed by atoms with Crippen LogP contribution in [0.15, 0.2) is 54.6 Å². The molecule has 0 bridgehead atoms. The Labute approximate surface area is 219 Å². The van der Waals surface area contributed by atoms with Gasteiger partial charge in [0.25, 0.3) is 0 Å². The molecule has 1 aliphatic rings. The minimum Gasteiger partial charge on any atom is -0.491 e. The first-order valence-electron chi connectivity index (χ1n) is 12.8. The van der Waals surface area contributed by atoms with Crippen LogP contribution in [0.3, 0.4) is 0 Å². The molecule has 1 atom stereocenters. The molecule has 1 aliphatic carbocycles. The van der Waals surface area contributed by atoms with Crippen LogP contribution in [0.1, 0.15) is 54.0 Å². The molecule has 3 aromatic rings. The van der Waals surface area contributed by atoms with Crippen molar-refractivity contribution in [2.45, 2.75) is 52.6 Å². The number of hydrogen-bond donors (Lipinski definition) is 1. The van der Waals surface area contributed by atoms with Gasteiger partial charge in [-0.1, -0.05) is 30.2 Å². The molecule has 4 rings (SSSR count). The maximum atomic E-state index is 11.2. The molecule has 0 amide bonds. The van der Waals surface area contributed by atoms with Gasteiger partial charge in [0.1, 0.15) is 24.7 Å². The summed E-state index contributed by atoms with van der Waals surface area (Å²) in [6.45, 7) is 8.15. The summed E-state index contributed by atoms with van der Waals surface area (Å²) in [5.41, 5.74) is 8.44. The van der Waals surface area contributed by atoms with E-state index in [9.17, 15) is 4.79 Å². The van der Waals surface area contributed by atoms with Gasteiger partial charge in [-0.3, -0.25) is 4.79 Å². The van der Waals surface area contributed by atoms with Crippen molar-refractivity contribution in [1.82, 2.24) is 0 Å². The highest BCUT2D eigenvalue weighted by molar-refractivity contribution is 5.77. The molecule has 5 heteroatoms. The van der Waals surface area contributed by atoms with Crippen molar-refractivity contribution >= 4 is 5.97 Å². The van der Waals surface area contributed by atoms with Gasteiger partial charge in [-0.25, -0.2) is 0 Å². The van der Waals surface area contributed by atoms with E-state index in [0.717, 1.165) is 35.5 Å². The van der Waals surface area contributed by atoms with E-state index >= 15 is 0 Å². The molecule has 0 saturated carbocycles. The number of aliphatic carboxylic acids is 1. The summed E-state index contributed by atoms with van der Waals surface area (Å²) in [5.74, 6) is 6.27. The Kier molecular flexibility index (Phi) is 8.87. The van der Waals surface area contributed by atoms with Crippen molar-refractivity contribution in [3.63, 3.8) is 0 Å². The highest BCUT2D eigenvalue weighted by Crippen LogP contribution is 2.39. The van der Waals surface area contributed by atoms with Crippen LogP contribution in [0.25, 0.3) is 11.1 Å². The lowest BCUT2D eigenvalue weighted by molar-refractivity contribution is -0.137. The van der Waals surface area contributed by atoms with Gasteiger partial charge in [0.05, 0.1) is 18.9 Å². The van der Waals surface area contributed by atoms with Gasteiger partial charge in [0.2, 0.25) is 0 Å². The highest BCUT2D eigenvalue weighted by Gasteiger charge is 2.20. The zero-order valence-corrected chi connectivity index (χ0v) is 21.8. The molecule has 0 heterocycles. The van der Waals surface area contributed by atoms with E-state index in [2.05, 4.69) is 49.1 Å². The molecule has 192 valence electrons. The SMILES string of the molecule is CC#CC(CC(=O)O)c1ccc(OCc2ccc3c(c2)-c2c(C)cc(OCCOCC)cc2CC3)cc1. The second-order valence-corrected chi connectivity index (χ2v) is 9.21. The fourth-order valence-electron chi connectivity index (χ4n) is 4.85. The maximum Gasteiger partial charge on any atom is 0.304 e. The first kappa shape index (κ1) is 26.3. The topological polar surface area (TPSA) is 65.0 Å². The van der Waals surface area contributed by atoms with Crippen LogP contribution in [0, 0.1) is 18.8 Å². The van der Waals surface area contributed by atoms with Crippen LogP contribution in [0.4, 0.5) is 0 Å². The predicted octanol–water partition coefficient (Wildman–Crippen LogP) is 6.34. The summed E-state index contributed by atoms with van der Waals surface area (Å²) in [4.78, 5) is 11.2. The third-order valence-electron chi connectivity index (χ3n) is 6.58. The molecular formula is C32H34O5. The van der Waals surface area contributed by atoms with Gasteiger partial charge >= 0.3 is 5.97 Å². The quantitative estimate of drug-likeness (QED) is 0.247. The molecule has 0 saturated heterocycles. The largest absolute Gasteiger partial charge is 0.491 e. The molecule has 5 nitrogen and oxygen atoms in total. The molecule has 37 heavy (non-hydrogen) atoms. The van der Waals surface area contributed by atoms with E-state index in [1.165, 1.54) is 27.8 Å². The van der Waals surface area contributed by atoms with Crippen LogP contribution in [0.5, 0.6) is 11.5 Å². The number of fused-ring (bicyclic) bond motifs is 3. The third kappa shape index (κ3) is 6.72. The second kappa shape index (κ2) is 12.5. The lowest BCUT2D eigenvalue weighted by atomic mass is 9.82. The minimum absolute atomic E-state index is 0.0159. The van der Waals surface area contributed by atoms with E-state index in [-0.39, 0.29) is 12.3 Å². The molecule has 0 fully saturated rings. The van der Waals surface area contributed by atoms with E-state index in [4.69, 9.17) is 19.3 Å². The van der Waals surface area contributed by atoms with Crippen molar-refractivity contribution in [2.75, 3.05) is 19.8 Å². The zero-order valence-electron chi connectivity index (χ0n) is 21.8. The van der Waals surface area contributed by atoms with Gasteiger partial charge in [-0.05, 0) is 103 Å². The Morgan fingerprint density at radius 3 is 2.49 bits per heavy atom. The fraction of sp³-hybridized carbons (Fsp3) is 0.344. The number of benzene rings is 3. The normalized spacial score (nSPS) is 12.5. The fourth-order valence-corrected chi connectivity index (χ4v) is 4.85. The number of rotatable bonds is 11. The van der Waals surface area contributed by atoms with E-state index < -0.39 is 5.97 Å². The van der Waals surface area contributed by atoms with Crippen LogP contribution in [0.2, 0.25) is 0 Å². The molecular weight excluding hydrogens is 464 g/mol. The summed E-state index contributed by atoms with van der Waals surface area (Å²) in [6.07, 6.45) is 1.99.